The van der Waals surface area contributed by atoms with E-state index in [1.165, 1.54) is 7.11 Å². The maximum Gasteiger partial charge on any atom is 0.314 e. The summed E-state index contributed by atoms with van der Waals surface area (Å²) >= 11 is 0. The molecule has 0 amide bonds. The molecule has 0 spiro atoms. The molecule has 90 valence electrons. The number of benzene rings is 2. The van der Waals surface area contributed by atoms with Gasteiger partial charge in [0.15, 0.2) is 0 Å². The van der Waals surface area contributed by atoms with E-state index in [9.17, 15) is 4.79 Å². The molecule has 2 aromatic carbocycles. The molecule has 0 fully saturated rings. The van der Waals surface area contributed by atoms with Gasteiger partial charge in [-0.15, -0.1) is 0 Å². The van der Waals surface area contributed by atoms with Crippen molar-refractivity contribution < 1.29 is 9.53 Å². The van der Waals surface area contributed by atoms with Crippen LogP contribution in [0.25, 0.3) is 10.8 Å². The van der Waals surface area contributed by atoms with Gasteiger partial charge in [0, 0.05) is 0 Å². The molecule has 0 unspecified atom stereocenters. The summed E-state index contributed by atoms with van der Waals surface area (Å²) in [6.07, 6.45) is 0.126. The van der Waals surface area contributed by atoms with Crippen LogP contribution in [0.4, 0.5) is 0 Å². The summed E-state index contributed by atoms with van der Waals surface area (Å²) < 4.78 is 4.78. The van der Waals surface area contributed by atoms with Gasteiger partial charge in [0.25, 0.3) is 0 Å². The Bertz CT molecular complexity index is 608. The Kier molecular flexibility index (Phi) is 3.59. The van der Waals surface area contributed by atoms with E-state index in [-0.39, 0.29) is 12.4 Å². The Morgan fingerprint density at radius 2 is 2.00 bits per heavy atom. The van der Waals surface area contributed by atoms with E-state index in [1.807, 2.05) is 48.5 Å². The minimum Gasteiger partial charge on any atom is -0.469 e. The molecular formula is C15H13NO2. The minimum absolute atomic E-state index is 0.126. The maximum atomic E-state index is 11.8. The molecule has 0 aliphatic rings. The Balaban J connectivity index is 2.57. The molecule has 1 atom stereocenters. The number of methoxy groups -OCH3 is 1. The fraction of sp³-hybridized carbons (Fsp3) is 0.200. The largest absolute Gasteiger partial charge is 0.469 e. The average Bonchev–Trinajstić information content (AvgIpc) is 2.43. The molecule has 3 heteroatoms. The summed E-state index contributed by atoms with van der Waals surface area (Å²) in [5, 5.41) is 10.9. The zero-order chi connectivity index (χ0) is 13.0. The number of carbonyl (C=O) groups excluding carboxylic acids is 1. The van der Waals surface area contributed by atoms with E-state index >= 15 is 0 Å². The smallest absolute Gasteiger partial charge is 0.314 e. The lowest BCUT2D eigenvalue weighted by Gasteiger charge is -2.14. The quantitative estimate of drug-likeness (QED) is 0.773. The number of ether oxygens (including phenoxy) is 1. The van der Waals surface area contributed by atoms with Crippen molar-refractivity contribution in [1.82, 2.24) is 0 Å². The average molecular weight is 239 g/mol. The van der Waals surface area contributed by atoms with Gasteiger partial charge in [0.05, 0.1) is 25.5 Å². The summed E-state index contributed by atoms with van der Waals surface area (Å²) in [5.74, 6) is -0.890. The van der Waals surface area contributed by atoms with Crippen LogP contribution in [-0.4, -0.2) is 13.1 Å². The molecule has 0 heterocycles. The first-order chi connectivity index (χ1) is 8.77. The van der Waals surface area contributed by atoms with E-state index in [2.05, 4.69) is 0 Å². The highest BCUT2D eigenvalue weighted by atomic mass is 16.5. The fourth-order valence-corrected chi connectivity index (χ4v) is 2.11. The van der Waals surface area contributed by atoms with Crippen LogP contribution in [0.1, 0.15) is 17.9 Å². The van der Waals surface area contributed by atoms with Gasteiger partial charge < -0.3 is 4.74 Å². The van der Waals surface area contributed by atoms with Crippen molar-refractivity contribution >= 4 is 16.7 Å². The first kappa shape index (κ1) is 12.1. The van der Waals surface area contributed by atoms with Crippen LogP contribution < -0.4 is 0 Å². The van der Waals surface area contributed by atoms with Gasteiger partial charge in [0.2, 0.25) is 0 Å². The van der Waals surface area contributed by atoms with Crippen molar-refractivity contribution in [2.24, 2.45) is 0 Å². The number of fused-ring (bicyclic) bond motifs is 1. The number of hydrogen-bond donors (Lipinski definition) is 0. The molecule has 0 aliphatic carbocycles. The lowest BCUT2D eigenvalue weighted by atomic mass is 9.91. The van der Waals surface area contributed by atoms with E-state index in [1.54, 1.807) is 0 Å². The minimum atomic E-state index is -0.522. The van der Waals surface area contributed by atoms with Crippen molar-refractivity contribution in [3.63, 3.8) is 0 Å². The SMILES string of the molecule is COC(=O)[C@H](CC#N)c1cccc2ccccc12. The van der Waals surface area contributed by atoms with Crippen LogP contribution in [0.3, 0.4) is 0 Å². The molecule has 2 aromatic rings. The van der Waals surface area contributed by atoms with Gasteiger partial charge in [-0.1, -0.05) is 42.5 Å². The normalized spacial score (nSPS) is 11.8. The lowest BCUT2D eigenvalue weighted by molar-refractivity contribution is -0.142. The molecule has 0 saturated heterocycles. The summed E-state index contributed by atoms with van der Waals surface area (Å²) in [4.78, 5) is 11.8. The molecular weight excluding hydrogens is 226 g/mol. The Morgan fingerprint density at radius 1 is 1.28 bits per heavy atom. The van der Waals surface area contributed by atoms with E-state index in [4.69, 9.17) is 10.00 Å². The molecule has 0 saturated carbocycles. The molecule has 0 bridgehead atoms. The highest BCUT2D eigenvalue weighted by molar-refractivity contribution is 5.91. The second kappa shape index (κ2) is 5.33. The molecule has 18 heavy (non-hydrogen) atoms. The number of hydrogen-bond acceptors (Lipinski definition) is 3. The summed E-state index contributed by atoms with van der Waals surface area (Å²) in [5.41, 5.74) is 0.849. The standard InChI is InChI=1S/C15H13NO2/c1-18-15(17)14(9-10-16)13-8-4-6-11-5-2-3-7-12(11)13/h2-8,14H,9H2,1H3/t14-/m1/s1. The van der Waals surface area contributed by atoms with E-state index in [0.29, 0.717) is 0 Å². The topological polar surface area (TPSA) is 50.1 Å². The van der Waals surface area contributed by atoms with Crippen LogP contribution in [0.2, 0.25) is 0 Å². The summed E-state index contributed by atoms with van der Waals surface area (Å²) in [6.45, 7) is 0. The second-order valence-electron chi connectivity index (χ2n) is 4.01. The van der Waals surface area contributed by atoms with E-state index < -0.39 is 5.92 Å². The summed E-state index contributed by atoms with van der Waals surface area (Å²) in [6, 6.07) is 15.6. The molecule has 0 aromatic heterocycles. The molecule has 2 rings (SSSR count). The molecule has 0 radical (unpaired) electrons. The van der Waals surface area contributed by atoms with Crippen molar-refractivity contribution in [3.05, 3.63) is 48.0 Å². The number of nitriles is 1. The van der Waals surface area contributed by atoms with Crippen LogP contribution >= 0.6 is 0 Å². The second-order valence-corrected chi connectivity index (χ2v) is 4.01. The van der Waals surface area contributed by atoms with Gasteiger partial charge in [-0.05, 0) is 16.3 Å². The van der Waals surface area contributed by atoms with Gasteiger partial charge in [-0.25, -0.2) is 0 Å². The first-order valence-electron chi connectivity index (χ1n) is 5.70. The lowest BCUT2D eigenvalue weighted by Crippen LogP contribution is -2.14. The Labute approximate surface area is 106 Å². The predicted octanol–water partition coefficient (Wildman–Crippen LogP) is 3.01. The van der Waals surface area contributed by atoms with Gasteiger partial charge >= 0.3 is 5.97 Å². The zero-order valence-electron chi connectivity index (χ0n) is 10.1. The van der Waals surface area contributed by atoms with Gasteiger partial charge in [0.1, 0.15) is 0 Å². The maximum absolute atomic E-state index is 11.8. The highest BCUT2D eigenvalue weighted by Gasteiger charge is 2.22. The van der Waals surface area contributed by atoms with E-state index in [0.717, 1.165) is 16.3 Å². The number of esters is 1. The monoisotopic (exact) mass is 239 g/mol. The third-order valence-electron chi connectivity index (χ3n) is 2.98. The zero-order valence-corrected chi connectivity index (χ0v) is 10.1. The van der Waals surface area contributed by atoms with Crippen molar-refractivity contribution in [1.29, 1.82) is 5.26 Å². The first-order valence-corrected chi connectivity index (χ1v) is 5.70. The van der Waals surface area contributed by atoms with Crippen molar-refractivity contribution in [2.45, 2.75) is 12.3 Å². The summed E-state index contributed by atoms with van der Waals surface area (Å²) in [7, 11) is 1.35. The number of carbonyl (C=O) groups is 1. The number of nitrogens with zero attached hydrogens (tertiary/aromatic N) is 1. The Hall–Kier alpha value is -2.34. The van der Waals surface area contributed by atoms with Crippen molar-refractivity contribution in [2.75, 3.05) is 7.11 Å². The molecule has 0 aliphatic heterocycles. The van der Waals surface area contributed by atoms with Crippen molar-refractivity contribution in [3.8, 4) is 6.07 Å². The Morgan fingerprint density at radius 3 is 2.72 bits per heavy atom. The fourth-order valence-electron chi connectivity index (χ4n) is 2.11. The predicted molar refractivity (Wildman–Crippen MR) is 68.9 cm³/mol. The van der Waals surface area contributed by atoms with Gasteiger partial charge in [-0.3, -0.25) is 4.79 Å². The highest BCUT2D eigenvalue weighted by Crippen LogP contribution is 2.28. The van der Waals surface area contributed by atoms with Crippen LogP contribution in [0, 0.1) is 11.3 Å². The van der Waals surface area contributed by atoms with Crippen LogP contribution in [0.15, 0.2) is 42.5 Å². The third-order valence-corrected chi connectivity index (χ3v) is 2.98. The molecule has 3 nitrogen and oxygen atoms in total. The number of rotatable bonds is 3. The third kappa shape index (κ3) is 2.18. The molecule has 0 N–H and O–H groups in total. The van der Waals surface area contributed by atoms with Crippen LogP contribution in [0.5, 0.6) is 0 Å². The van der Waals surface area contributed by atoms with Crippen LogP contribution in [-0.2, 0) is 9.53 Å². The van der Waals surface area contributed by atoms with Gasteiger partial charge in [-0.2, -0.15) is 5.26 Å².